The predicted molar refractivity (Wildman–Crippen MR) is 109 cm³/mol. The zero-order chi connectivity index (χ0) is 20.0. The molecule has 5 heteroatoms. The number of benzene rings is 2. The van der Waals surface area contributed by atoms with Crippen molar-refractivity contribution in [3.8, 4) is 23.2 Å². The summed E-state index contributed by atoms with van der Waals surface area (Å²) >= 11 is 0. The Hall–Kier alpha value is -3.52. The van der Waals surface area contributed by atoms with Crippen molar-refractivity contribution in [3.63, 3.8) is 0 Å². The second-order valence-corrected chi connectivity index (χ2v) is 7.38. The van der Waals surface area contributed by atoms with Crippen LogP contribution in [0.15, 0.2) is 47.9 Å². The van der Waals surface area contributed by atoms with E-state index in [-0.39, 0.29) is 11.8 Å². The molecule has 0 unspecified atom stereocenters. The highest BCUT2D eigenvalue weighted by atomic mass is 16.5. The largest absolute Gasteiger partial charge is 0.420 e. The van der Waals surface area contributed by atoms with Crippen LogP contribution in [-0.4, -0.2) is 10.2 Å². The van der Waals surface area contributed by atoms with Crippen molar-refractivity contribution < 1.29 is 4.74 Å². The quantitative estimate of drug-likeness (QED) is 0.694. The Morgan fingerprint density at radius 1 is 1.00 bits per heavy atom. The number of nitrogens with zero attached hydrogens (tertiary/aromatic N) is 2. The molecule has 0 saturated heterocycles. The Morgan fingerprint density at radius 2 is 1.68 bits per heavy atom. The van der Waals surface area contributed by atoms with Gasteiger partial charge in [0.05, 0.1) is 17.2 Å². The Kier molecular flexibility index (Phi) is 4.20. The van der Waals surface area contributed by atoms with E-state index in [2.05, 4.69) is 74.3 Å². The van der Waals surface area contributed by atoms with Gasteiger partial charge in [0, 0.05) is 5.56 Å². The van der Waals surface area contributed by atoms with Crippen molar-refractivity contribution in [2.24, 2.45) is 5.73 Å². The van der Waals surface area contributed by atoms with Crippen molar-refractivity contribution in [1.29, 1.82) is 5.26 Å². The molecule has 1 aromatic heterocycles. The number of hydrogen-bond acceptors (Lipinski definition) is 4. The smallest absolute Gasteiger partial charge is 0.244 e. The first-order valence-corrected chi connectivity index (χ1v) is 9.21. The van der Waals surface area contributed by atoms with Gasteiger partial charge in [0.2, 0.25) is 11.8 Å². The van der Waals surface area contributed by atoms with Gasteiger partial charge in [-0.1, -0.05) is 30.3 Å². The molecule has 0 amide bonds. The lowest BCUT2D eigenvalue weighted by atomic mass is 9.82. The van der Waals surface area contributed by atoms with Crippen LogP contribution in [0, 0.1) is 39.0 Å². The van der Waals surface area contributed by atoms with Crippen LogP contribution in [0.3, 0.4) is 0 Å². The summed E-state index contributed by atoms with van der Waals surface area (Å²) in [7, 11) is 0. The highest BCUT2D eigenvalue weighted by molar-refractivity contribution is 5.71. The molecule has 3 aromatic rings. The van der Waals surface area contributed by atoms with E-state index in [1.807, 2.05) is 6.07 Å². The van der Waals surface area contributed by atoms with Gasteiger partial charge in [-0.25, -0.2) is 0 Å². The normalized spacial score (nSPS) is 15.8. The van der Waals surface area contributed by atoms with E-state index in [0.717, 1.165) is 27.9 Å². The number of hydrogen-bond donors (Lipinski definition) is 2. The van der Waals surface area contributed by atoms with E-state index in [4.69, 9.17) is 10.5 Å². The average Bonchev–Trinajstić information content (AvgIpc) is 3.08. The van der Waals surface area contributed by atoms with Gasteiger partial charge in [-0.3, -0.25) is 5.10 Å². The van der Waals surface area contributed by atoms with Crippen LogP contribution in [-0.2, 0) is 0 Å². The third-order valence-corrected chi connectivity index (χ3v) is 5.60. The second-order valence-electron chi connectivity index (χ2n) is 7.38. The molecule has 28 heavy (non-hydrogen) atoms. The predicted octanol–water partition coefficient (Wildman–Crippen LogP) is 4.53. The fourth-order valence-electron chi connectivity index (χ4n) is 3.64. The lowest BCUT2D eigenvalue weighted by molar-refractivity contribution is 0.379. The van der Waals surface area contributed by atoms with Gasteiger partial charge in [0.1, 0.15) is 11.6 Å². The summed E-state index contributed by atoms with van der Waals surface area (Å²) < 4.78 is 5.69. The minimum atomic E-state index is -0.330. The first-order valence-electron chi connectivity index (χ1n) is 9.21. The van der Waals surface area contributed by atoms with E-state index in [0.29, 0.717) is 11.5 Å². The topological polar surface area (TPSA) is 87.7 Å². The summed E-state index contributed by atoms with van der Waals surface area (Å²) in [5.74, 6) is 0.202. The van der Waals surface area contributed by atoms with Crippen LogP contribution in [0.25, 0.3) is 11.3 Å². The summed E-state index contributed by atoms with van der Waals surface area (Å²) in [6, 6.07) is 14.7. The third kappa shape index (κ3) is 2.74. The summed E-state index contributed by atoms with van der Waals surface area (Å²) in [5.41, 5.74) is 15.0. The molecule has 2 aromatic carbocycles. The van der Waals surface area contributed by atoms with E-state index in [9.17, 15) is 5.26 Å². The Bertz CT molecular complexity index is 1160. The molecule has 0 aliphatic carbocycles. The second kappa shape index (κ2) is 6.58. The molecular weight excluding hydrogens is 348 g/mol. The van der Waals surface area contributed by atoms with Crippen LogP contribution >= 0.6 is 0 Å². The molecule has 2 heterocycles. The summed E-state index contributed by atoms with van der Waals surface area (Å²) in [4.78, 5) is 0. The SMILES string of the molecule is Cc1ccc(-c2[nH]nc3c2[C@H](c2ccc(C)c(C)c2)C(C#N)=C(N)O3)cc1C. The van der Waals surface area contributed by atoms with Crippen molar-refractivity contribution >= 4 is 0 Å². The minimum absolute atomic E-state index is 0.108. The molecule has 3 N–H and O–H groups in total. The zero-order valence-electron chi connectivity index (χ0n) is 16.4. The zero-order valence-corrected chi connectivity index (χ0v) is 16.4. The number of aromatic nitrogens is 2. The Labute approximate surface area is 164 Å². The monoisotopic (exact) mass is 370 g/mol. The maximum Gasteiger partial charge on any atom is 0.244 e. The maximum absolute atomic E-state index is 9.82. The molecule has 0 bridgehead atoms. The van der Waals surface area contributed by atoms with Crippen molar-refractivity contribution in [2.45, 2.75) is 33.6 Å². The number of H-pyrrole nitrogens is 1. The molecule has 0 spiro atoms. The van der Waals surface area contributed by atoms with Gasteiger partial charge in [0.15, 0.2) is 0 Å². The van der Waals surface area contributed by atoms with Crippen molar-refractivity contribution in [3.05, 3.63) is 81.2 Å². The molecule has 4 rings (SSSR count). The molecule has 0 radical (unpaired) electrons. The van der Waals surface area contributed by atoms with Gasteiger partial charge in [-0.05, 0) is 61.6 Å². The maximum atomic E-state index is 9.82. The highest BCUT2D eigenvalue weighted by Gasteiger charge is 2.35. The van der Waals surface area contributed by atoms with Gasteiger partial charge in [-0.2, -0.15) is 5.26 Å². The summed E-state index contributed by atoms with van der Waals surface area (Å²) in [6.07, 6.45) is 0. The molecule has 1 atom stereocenters. The van der Waals surface area contributed by atoms with E-state index >= 15 is 0 Å². The number of rotatable bonds is 2. The van der Waals surface area contributed by atoms with E-state index in [1.54, 1.807) is 0 Å². The lowest BCUT2D eigenvalue weighted by Gasteiger charge is -2.24. The van der Waals surface area contributed by atoms with Crippen molar-refractivity contribution in [2.75, 3.05) is 0 Å². The Morgan fingerprint density at radius 3 is 2.32 bits per heavy atom. The van der Waals surface area contributed by atoms with Crippen LogP contribution in [0.2, 0.25) is 0 Å². The first kappa shape index (κ1) is 17.9. The number of aromatic amines is 1. The van der Waals surface area contributed by atoms with Gasteiger partial charge >= 0.3 is 0 Å². The molecule has 1 aliphatic rings. The fourth-order valence-corrected chi connectivity index (χ4v) is 3.64. The molecule has 140 valence electrons. The number of nitrogens with two attached hydrogens (primary N) is 1. The van der Waals surface area contributed by atoms with Crippen LogP contribution < -0.4 is 10.5 Å². The summed E-state index contributed by atoms with van der Waals surface area (Å²) in [5, 5.41) is 17.3. The number of nitrogens with one attached hydrogen (secondary N) is 1. The number of allylic oxidation sites excluding steroid dienone is 1. The lowest BCUT2D eigenvalue weighted by Crippen LogP contribution is -2.21. The van der Waals surface area contributed by atoms with Crippen LogP contribution in [0.1, 0.15) is 39.3 Å². The van der Waals surface area contributed by atoms with E-state index in [1.165, 1.54) is 16.7 Å². The first-order chi connectivity index (χ1) is 13.4. The standard InChI is InChI=1S/C23H22N4O/c1-12-5-7-16(9-14(12)3)19-18(11-24)22(25)28-23-20(19)21(26-27-23)17-8-6-13(2)15(4)10-17/h5-10,19H,25H2,1-4H3,(H,26,27)/t19-/m1/s1. The van der Waals surface area contributed by atoms with Crippen LogP contribution in [0.4, 0.5) is 0 Å². The summed E-state index contributed by atoms with van der Waals surface area (Å²) in [6.45, 7) is 8.30. The van der Waals surface area contributed by atoms with Crippen molar-refractivity contribution in [1.82, 2.24) is 10.2 Å². The van der Waals surface area contributed by atoms with Gasteiger partial charge < -0.3 is 10.5 Å². The third-order valence-electron chi connectivity index (χ3n) is 5.60. The molecule has 0 fully saturated rings. The number of nitriles is 1. The van der Waals surface area contributed by atoms with Gasteiger partial charge in [-0.15, -0.1) is 5.10 Å². The highest BCUT2D eigenvalue weighted by Crippen LogP contribution is 2.45. The van der Waals surface area contributed by atoms with E-state index < -0.39 is 0 Å². The Balaban J connectivity index is 1.96. The molecule has 0 saturated carbocycles. The molecule has 1 aliphatic heterocycles. The fraction of sp³-hybridized carbons (Fsp3) is 0.217. The average molecular weight is 370 g/mol. The molecule has 5 nitrogen and oxygen atoms in total. The minimum Gasteiger partial charge on any atom is -0.420 e. The number of ether oxygens (including phenoxy) is 1. The van der Waals surface area contributed by atoms with Gasteiger partial charge in [0.25, 0.3) is 0 Å². The molecular formula is C23H22N4O. The van der Waals surface area contributed by atoms with Crippen LogP contribution in [0.5, 0.6) is 5.88 Å². The number of fused-ring (bicyclic) bond motifs is 1. The number of aryl methyl sites for hydroxylation is 4.